The summed E-state index contributed by atoms with van der Waals surface area (Å²) in [5.74, 6) is 1.80. The van der Waals surface area contributed by atoms with E-state index in [0.29, 0.717) is 0 Å². The van der Waals surface area contributed by atoms with Crippen LogP contribution in [0.5, 0.6) is 0 Å². The molecule has 3 rings (SSSR count). The first-order valence-corrected chi connectivity index (χ1v) is 5.43. The summed E-state index contributed by atoms with van der Waals surface area (Å²) >= 11 is 1.66. The molecule has 15 heavy (non-hydrogen) atoms. The maximum absolute atomic E-state index is 5.33. The van der Waals surface area contributed by atoms with E-state index in [9.17, 15) is 0 Å². The number of thiophene rings is 1. The summed E-state index contributed by atoms with van der Waals surface area (Å²) in [6.45, 7) is 0. The molecule has 3 heterocycles. The lowest BCUT2D eigenvalue weighted by atomic mass is 10.3. The largest absolute Gasteiger partial charge is 0.464 e. The zero-order valence-electron chi connectivity index (χ0n) is 7.84. The van der Waals surface area contributed by atoms with E-state index < -0.39 is 0 Å². The van der Waals surface area contributed by atoms with Crippen LogP contribution >= 0.6 is 11.3 Å². The van der Waals surface area contributed by atoms with Crippen LogP contribution in [0.25, 0.3) is 21.3 Å². The number of hydrogen-bond acceptors (Lipinski definition) is 3. The van der Waals surface area contributed by atoms with E-state index in [1.54, 1.807) is 23.9 Å². The summed E-state index contributed by atoms with van der Waals surface area (Å²) in [4.78, 5) is 2.23. The van der Waals surface area contributed by atoms with Gasteiger partial charge in [-0.2, -0.15) is 0 Å². The molecule has 0 aliphatic carbocycles. The van der Waals surface area contributed by atoms with Crippen molar-refractivity contribution in [3.05, 3.63) is 48.9 Å². The molecular formula is C12H8O2S. The van der Waals surface area contributed by atoms with Crippen molar-refractivity contribution in [1.29, 1.82) is 0 Å². The highest BCUT2D eigenvalue weighted by Crippen LogP contribution is 2.34. The van der Waals surface area contributed by atoms with Crippen molar-refractivity contribution in [2.24, 2.45) is 0 Å². The molecule has 0 aliphatic heterocycles. The van der Waals surface area contributed by atoms with Gasteiger partial charge < -0.3 is 8.83 Å². The van der Waals surface area contributed by atoms with E-state index in [1.807, 2.05) is 36.4 Å². The van der Waals surface area contributed by atoms with E-state index >= 15 is 0 Å². The molecule has 0 spiro atoms. The first-order valence-electron chi connectivity index (χ1n) is 4.61. The lowest BCUT2D eigenvalue weighted by molar-refractivity contribution is 0.584. The van der Waals surface area contributed by atoms with Crippen LogP contribution in [0.4, 0.5) is 0 Å². The fourth-order valence-corrected chi connectivity index (χ4v) is 2.38. The van der Waals surface area contributed by atoms with Gasteiger partial charge in [-0.25, -0.2) is 0 Å². The first-order chi connectivity index (χ1) is 7.43. The van der Waals surface area contributed by atoms with Crippen LogP contribution in [0, 0.1) is 0 Å². The molecule has 0 aliphatic rings. The van der Waals surface area contributed by atoms with Crippen molar-refractivity contribution in [1.82, 2.24) is 0 Å². The Bertz CT molecular complexity index is 483. The summed E-state index contributed by atoms with van der Waals surface area (Å²) in [5.41, 5.74) is 0. The fourth-order valence-electron chi connectivity index (χ4n) is 1.44. The number of furan rings is 2. The molecule has 0 radical (unpaired) electrons. The maximum Gasteiger partial charge on any atom is 0.143 e. The van der Waals surface area contributed by atoms with Gasteiger partial charge in [0.05, 0.1) is 22.3 Å². The van der Waals surface area contributed by atoms with Crippen LogP contribution in [0.2, 0.25) is 0 Å². The average molecular weight is 216 g/mol. The molecular weight excluding hydrogens is 208 g/mol. The minimum absolute atomic E-state index is 0.901. The molecule has 74 valence electrons. The van der Waals surface area contributed by atoms with Gasteiger partial charge in [0, 0.05) is 0 Å². The second-order valence-corrected chi connectivity index (χ2v) is 4.20. The van der Waals surface area contributed by atoms with Crippen LogP contribution in [-0.2, 0) is 0 Å². The van der Waals surface area contributed by atoms with E-state index in [1.165, 1.54) is 0 Å². The van der Waals surface area contributed by atoms with Gasteiger partial charge >= 0.3 is 0 Å². The Labute approximate surface area is 90.8 Å². The van der Waals surface area contributed by atoms with Crippen LogP contribution < -0.4 is 0 Å². The highest BCUT2D eigenvalue weighted by atomic mass is 32.1. The summed E-state index contributed by atoms with van der Waals surface area (Å²) in [5, 5.41) is 0. The van der Waals surface area contributed by atoms with Gasteiger partial charge in [-0.05, 0) is 36.4 Å². The van der Waals surface area contributed by atoms with Crippen LogP contribution in [0.15, 0.2) is 57.8 Å². The molecule has 0 N–H and O–H groups in total. The molecule has 0 fully saturated rings. The Morgan fingerprint density at radius 1 is 0.733 bits per heavy atom. The molecule has 0 bridgehead atoms. The van der Waals surface area contributed by atoms with Crippen molar-refractivity contribution >= 4 is 11.3 Å². The summed E-state index contributed by atoms with van der Waals surface area (Å²) in [6, 6.07) is 11.8. The van der Waals surface area contributed by atoms with Gasteiger partial charge in [0.15, 0.2) is 0 Å². The number of rotatable bonds is 2. The predicted molar refractivity (Wildman–Crippen MR) is 59.7 cm³/mol. The van der Waals surface area contributed by atoms with E-state index in [-0.39, 0.29) is 0 Å². The average Bonchev–Trinajstić information content (AvgIpc) is 3.02. The Hall–Kier alpha value is -1.74. The summed E-state index contributed by atoms with van der Waals surface area (Å²) < 4.78 is 10.7. The molecule has 3 aromatic rings. The lowest BCUT2D eigenvalue weighted by Crippen LogP contribution is -1.60. The topological polar surface area (TPSA) is 26.3 Å². The normalized spacial score (nSPS) is 10.7. The van der Waals surface area contributed by atoms with Crippen molar-refractivity contribution in [3.63, 3.8) is 0 Å². The molecule has 0 saturated heterocycles. The molecule has 0 atom stereocenters. The maximum atomic E-state index is 5.33. The zero-order chi connectivity index (χ0) is 10.1. The van der Waals surface area contributed by atoms with Crippen molar-refractivity contribution in [2.45, 2.75) is 0 Å². The van der Waals surface area contributed by atoms with Gasteiger partial charge in [-0.1, -0.05) is 0 Å². The number of hydrogen-bond donors (Lipinski definition) is 0. The zero-order valence-corrected chi connectivity index (χ0v) is 8.66. The standard InChI is InChI=1S/C12H8O2S/c1-3-9(13-7-1)11-5-6-12(15-11)10-4-2-8-14-10/h1-8H. The van der Waals surface area contributed by atoms with Gasteiger partial charge in [-0.3, -0.25) is 0 Å². The van der Waals surface area contributed by atoms with Crippen LogP contribution in [-0.4, -0.2) is 0 Å². The van der Waals surface area contributed by atoms with Crippen molar-refractivity contribution in [3.8, 4) is 21.3 Å². The Morgan fingerprint density at radius 2 is 1.27 bits per heavy atom. The van der Waals surface area contributed by atoms with E-state index in [2.05, 4.69) is 0 Å². The second kappa shape index (κ2) is 3.44. The Balaban J connectivity index is 2.02. The first kappa shape index (κ1) is 8.56. The Morgan fingerprint density at radius 3 is 1.67 bits per heavy atom. The SMILES string of the molecule is c1coc(-c2ccc(-c3ccco3)s2)c1. The van der Waals surface area contributed by atoms with E-state index in [4.69, 9.17) is 8.83 Å². The van der Waals surface area contributed by atoms with Crippen molar-refractivity contribution in [2.75, 3.05) is 0 Å². The Kier molecular flexibility index (Phi) is 1.96. The van der Waals surface area contributed by atoms with Crippen LogP contribution in [0.1, 0.15) is 0 Å². The van der Waals surface area contributed by atoms with Crippen LogP contribution in [0.3, 0.4) is 0 Å². The minimum atomic E-state index is 0.901. The molecule has 0 amide bonds. The molecule has 0 saturated carbocycles. The second-order valence-electron chi connectivity index (χ2n) is 3.12. The lowest BCUT2D eigenvalue weighted by Gasteiger charge is -1.89. The highest BCUT2D eigenvalue weighted by Gasteiger charge is 2.07. The quantitative estimate of drug-likeness (QED) is 0.639. The molecule has 0 aromatic carbocycles. The monoisotopic (exact) mass is 216 g/mol. The third kappa shape index (κ3) is 1.51. The minimum Gasteiger partial charge on any atom is -0.464 e. The van der Waals surface area contributed by atoms with Gasteiger partial charge in [0.1, 0.15) is 11.5 Å². The van der Waals surface area contributed by atoms with Gasteiger partial charge in [-0.15, -0.1) is 11.3 Å². The van der Waals surface area contributed by atoms with E-state index in [0.717, 1.165) is 21.3 Å². The van der Waals surface area contributed by atoms with Gasteiger partial charge in [0.25, 0.3) is 0 Å². The molecule has 0 unspecified atom stereocenters. The fraction of sp³-hybridized carbons (Fsp3) is 0. The highest BCUT2D eigenvalue weighted by molar-refractivity contribution is 7.18. The third-order valence-corrected chi connectivity index (χ3v) is 3.25. The predicted octanol–water partition coefficient (Wildman–Crippen LogP) is 4.27. The molecule has 2 nitrogen and oxygen atoms in total. The summed E-state index contributed by atoms with van der Waals surface area (Å²) in [6.07, 6.45) is 3.36. The van der Waals surface area contributed by atoms with Crippen molar-refractivity contribution < 1.29 is 8.83 Å². The third-order valence-electron chi connectivity index (χ3n) is 2.13. The smallest absolute Gasteiger partial charge is 0.143 e. The molecule has 3 heteroatoms. The van der Waals surface area contributed by atoms with Gasteiger partial charge in [0.2, 0.25) is 0 Å². The molecule has 3 aromatic heterocycles. The summed E-state index contributed by atoms with van der Waals surface area (Å²) in [7, 11) is 0.